The Morgan fingerprint density at radius 2 is 2.24 bits per heavy atom. The zero-order valence-electron chi connectivity index (χ0n) is 11.5. The molecule has 0 fully saturated rings. The van der Waals surface area contributed by atoms with E-state index in [1.165, 1.54) is 23.1 Å². The van der Waals surface area contributed by atoms with Crippen LogP contribution in [0.5, 0.6) is 0 Å². The first-order chi connectivity index (χ1) is 9.88. The van der Waals surface area contributed by atoms with E-state index in [0.29, 0.717) is 11.6 Å². The molecule has 1 aromatic heterocycles. The number of carbonyl (C=O) groups is 1. The number of aromatic amines is 1. The van der Waals surface area contributed by atoms with Gasteiger partial charge in [0.25, 0.3) is 11.6 Å². The van der Waals surface area contributed by atoms with Gasteiger partial charge in [0.15, 0.2) is 5.82 Å². The minimum absolute atomic E-state index is 0.0482. The van der Waals surface area contributed by atoms with E-state index in [1.54, 1.807) is 14.0 Å². The number of nitrogens with one attached hydrogen (secondary N) is 1. The van der Waals surface area contributed by atoms with Crippen molar-refractivity contribution in [1.29, 1.82) is 0 Å². The lowest BCUT2D eigenvalue weighted by molar-refractivity contribution is -0.383. The molecule has 2 aromatic rings. The maximum absolute atomic E-state index is 12.2. The smallest absolute Gasteiger partial charge is 0.292 e. The Hall–Kier alpha value is -2.97. The normalized spacial score (nSPS) is 10.4. The fourth-order valence-electron chi connectivity index (χ4n) is 1.82. The van der Waals surface area contributed by atoms with Gasteiger partial charge in [0.2, 0.25) is 0 Å². The van der Waals surface area contributed by atoms with Crippen LogP contribution >= 0.6 is 0 Å². The molecule has 0 saturated carbocycles. The number of nitrogens with zero attached hydrogens (tertiary/aromatic N) is 4. The minimum Gasteiger partial charge on any atom is -0.393 e. The Balaban J connectivity index is 2.15. The van der Waals surface area contributed by atoms with Gasteiger partial charge in [-0.15, -0.1) is 0 Å². The summed E-state index contributed by atoms with van der Waals surface area (Å²) in [4.78, 5) is 27.8. The molecule has 0 spiro atoms. The molecule has 1 amide bonds. The summed E-state index contributed by atoms with van der Waals surface area (Å²) in [5.41, 5.74) is 5.57. The van der Waals surface area contributed by atoms with Crippen LogP contribution in [-0.4, -0.2) is 38.0 Å². The summed E-state index contributed by atoms with van der Waals surface area (Å²) in [6, 6.07) is 3.88. The zero-order valence-corrected chi connectivity index (χ0v) is 11.5. The largest absolute Gasteiger partial charge is 0.393 e. The van der Waals surface area contributed by atoms with E-state index in [9.17, 15) is 14.9 Å². The molecule has 0 unspecified atom stereocenters. The van der Waals surface area contributed by atoms with Gasteiger partial charge in [-0.1, -0.05) is 0 Å². The van der Waals surface area contributed by atoms with Gasteiger partial charge in [0.1, 0.15) is 11.5 Å². The molecule has 1 heterocycles. The molecule has 3 N–H and O–H groups in total. The Morgan fingerprint density at radius 1 is 1.52 bits per heavy atom. The number of nitrogens with two attached hydrogens (primary N) is 1. The van der Waals surface area contributed by atoms with Crippen molar-refractivity contribution in [2.75, 3.05) is 12.8 Å². The van der Waals surface area contributed by atoms with Crippen molar-refractivity contribution in [3.63, 3.8) is 0 Å². The van der Waals surface area contributed by atoms with E-state index in [0.717, 1.165) is 0 Å². The lowest BCUT2D eigenvalue weighted by Crippen LogP contribution is -2.26. The quantitative estimate of drug-likeness (QED) is 0.488. The fourth-order valence-corrected chi connectivity index (χ4v) is 1.82. The van der Waals surface area contributed by atoms with E-state index in [1.807, 2.05) is 0 Å². The number of rotatable bonds is 4. The highest BCUT2D eigenvalue weighted by molar-refractivity contribution is 5.95. The first-order valence-corrected chi connectivity index (χ1v) is 6.05. The number of hydrogen-bond donors (Lipinski definition) is 2. The summed E-state index contributed by atoms with van der Waals surface area (Å²) in [6.45, 7) is 1.98. The number of anilines is 1. The molecule has 0 atom stereocenters. The van der Waals surface area contributed by atoms with Crippen LogP contribution in [0.2, 0.25) is 0 Å². The van der Waals surface area contributed by atoms with Gasteiger partial charge in [-0.05, 0) is 19.1 Å². The maximum Gasteiger partial charge on any atom is 0.292 e. The summed E-state index contributed by atoms with van der Waals surface area (Å²) in [6.07, 6.45) is 0. The molecule has 2 rings (SSSR count). The number of carbonyl (C=O) groups excluding carboxylic acids is 1. The third-order valence-corrected chi connectivity index (χ3v) is 2.84. The Labute approximate surface area is 119 Å². The second kappa shape index (κ2) is 5.57. The topological polar surface area (TPSA) is 131 Å². The van der Waals surface area contributed by atoms with E-state index >= 15 is 0 Å². The molecular weight excluding hydrogens is 276 g/mol. The number of aryl methyl sites for hydroxylation is 1. The number of amides is 1. The number of benzene rings is 1. The first kappa shape index (κ1) is 14.4. The Morgan fingerprint density at radius 3 is 2.76 bits per heavy atom. The van der Waals surface area contributed by atoms with Crippen molar-refractivity contribution in [3.8, 4) is 0 Å². The number of hydrogen-bond acceptors (Lipinski definition) is 6. The molecule has 1 aromatic carbocycles. The van der Waals surface area contributed by atoms with Crippen LogP contribution in [0.1, 0.15) is 22.0 Å². The predicted octanol–water partition coefficient (Wildman–Crippen LogP) is 0.876. The van der Waals surface area contributed by atoms with Gasteiger partial charge in [0, 0.05) is 18.7 Å². The van der Waals surface area contributed by atoms with E-state index in [-0.39, 0.29) is 29.4 Å². The molecule has 0 aliphatic heterocycles. The monoisotopic (exact) mass is 290 g/mol. The van der Waals surface area contributed by atoms with Crippen molar-refractivity contribution in [2.45, 2.75) is 13.5 Å². The van der Waals surface area contributed by atoms with Crippen LogP contribution in [0.4, 0.5) is 11.4 Å². The number of nitrogen functional groups attached to an aromatic ring is 1. The number of nitro benzene ring substituents is 1. The molecular formula is C12H14N6O3. The molecule has 9 nitrogen and oxygen atoms in total. The number of nitro groups is 1. The second-order valence-electron chi connectivity index (χ2n) is 4.53. The van der Waals surface area contributed by atoms with E-state index in [4.69, 9.17) is 5.73 Å². The van der Waals surface area contributed by atoms with Crippen LogP contribution < -0.4 is 5.73 Å². The van der Waals surface area contributed by atoms with Crippen LogP contribution in [-0.2, 0) is 6.54 Å². The van der Waals surface area contributed by atoms with Gasteiger partial charge in [-0.3, -0.25) is 20.0 Å². The Bertz CT molecular complexity index is 696. The average Bonchev–Trinajstić information content (AvgIpc) is 2.82. The van der Waals surface area contributed by atoms with Gasteiger partial charge in [0.05, 0.1) is 11.5 Å². The predicted molar refractivity (Wildman–Crippen MR) is 74.4 cm³/mol. The molecule has 0 aliphatic carbocycles. The van der Waals surface area contributed by atoms with Gasteiger partial charge >= 0.3 is 0 Å². The Kier molecular flexibility index (Phi) is 3.83. The minimum atomic E-state index is -0.594. The van der Waals surface area contributed by atoms with Gasteiger partial charge in [-0.2, -0.15) is 5.10 Å². The molecule has 0 bridgehead atoms. The maximum atomic E-state index is 12.2. The molecule has 0 radical (unpaired) electrons. The summed E-state index contributed by atoms with van der Waals surface area (Å²) in [5, 5.41) is 17.3. The SMILES string of the molecule is Cc1nc(CN(C)C(=O)c2ccc([N+](=O)[O-])c(N)c2)n[nH]1. The summed E-state index contributed by atoms with van der Waals surface area (Å²) in [5.74, 6) is 0.822. The lowest BCUT2D eigenvalue weighted by atomic mass is 10.1. The first-order valence-electron chi connectivity index (χ1n) is 6.05. The lowest BCUT2D eigenvalue weighted by Gasteiger charge is -2.15. The fraction of sp³-hybridized carbons (Fsp3) is 0.250. The average molecular weight is 290 g/mol. The van der Waals surface area contributed by atoms with Crippen molar-refractivity contribution in [3.05, 3.63) is 45.5 Å². The summed E-state index contributed by atoms with van der Waals surface area (Å²) >= 11 is 0. The van der Waals surface area contributed by atoms with Crippen molar-refractivity contribution >= 4 is 17.3 Å². The van der Waals surface area contributed by atoms with Crippen molar-refractivity contribution in [2.24, 2.45) is 0 Å². The van der Waals surface area contributed by atoms with Crippen LogP contribution in [0.25, 0.3) is 0 Å². The number of aromatic nitrogens is 3. The third kappa shape index (κ3) is 3.14. The van der Waals surface area contributed by atoms with Crippen LogP contribution in [0.3, 0.4) is 0 Å². The molecule has 21 heavy (non-hydrogen) atoms. The zero-order chi connectivity index (χ0) is 15.6. The molecule has 9 heteroatoms. The van der Waals surface area contributed by atoms with Crippen molar-refractivity contribution < 1.29 is 9.72 Å². The van der Waals surface area contributed by atoms with Crippen molar-refractivity contribution in [1.82, 2.24) is 20.1 Å². The summed E-state index contributed by atoms with van der Waals surface area (Å²) < 4.78 is 0. The second-order valence-corrected chi connectivity index (χ2v) is 4.53. The van der Waals surface area contributed by atoms with E-state index in [2.05, 4.69) is 15.2 Å². The molecule has 0 saturated heterocycles. The van der Waals surface area contributed by atoms with Gasteiger partial charge < -0.3 is 10.6 Å². The third-order valence-electron chi connectivity index (χ3n) is 2.84. The van der Waals surface area contributed by atoms with Crippen LogP contribution in [0, 0.1) is 17.0 Å². The van der Waals surface area contributed by atoms with E-state index < -0.39 is 4.92 Å². The highest BCUT2D eigenvalue weighted by Gasteiger charge is 2.18. The highest BCUT2D eigenvalue weighted by atomic mass is 16.6. The summed E-state index contributed by atoms with van der Waals surface area (Å²) in [7, 11) is 1.59. The van der Waals surface area contributed by atoms with Gasteiger partial charge in [-0.25, -0.2) is 4.98 Å². The molecule has 110 valence electrons. The van der Waals surface area contributed by atoms with Crippen LogP contribution in [0.15, 0.2) is 18.2 Å². The standard InChI is InChI=1S/C12H14N6O3/c1-7-14-11(16-15-7)6-17(2)12(19)8-3-4-10(18(20)21)9(13)5-8/h3-5H,6,13H2,1-2H3,(H,14,15,16). The molecule has 0 aliphatic rings. The number of H-pyrrole nitrogens is 1. The highest BCUT2D eigenvalue weighted by Crippen LogP contribution is 2.22.